The standard InChI is InChI=1S/C38H42N3O4/c1-37(2)24-34(38(3,4)41(37)44)36(43)45-30-18-19-32-27(23-30)13-22-35(42)33(32)21-20-31(25-9-14-28(15-10-25)39(5)6)26-11-16-29(17-12-26)40(7)8/h9-23,34H,24H2,1-8H3/b33-21-. The zero-order valence-electron chi connectivity index (χ0n) is 27.4. The molecule has 0 bridgehead atoms. The Balaban J connectivity index is 1.48. The second kappa shape index (κ2) is 12.1. The molecule has 1 aliphatic heterocycles. The van der Waals surface area contributed by atoms with Crippen molar-refractivity contribution < 1.29 is 19.5 Å². The molecule has 1 fully saturated rings. The Morgan fingerprint density at radius 1 is 0.844 bits per heavy atom. The fourth-order valence-electron chi connectivity index (χ4n) is 6.26. The van der Waals surface area contributed by atoms with E-state index < -0.39 is 23.0 Å². The van der Waals surface area contributed by atoms with Gasteiger partial charge in [-0.3, -0.25) is 9.59 Å². The Morgan fingerprint density at radius 3 is 1.89 bits per heavy atom. The second-order valence-corrected chi connectivity index (χ2v) is 13.4. The SMILES string of the molecule is CN(C)c1ccc(C(=C/C=C2\C(=O)C=Cc3cc(OC(=O)C4CC(C)(C)N([O])C4(C)C)ccc32)c2ccc(N(C)C)cc2)cc1. The minimum atomic E-state index is -0.874. The van der Waals surface area contributed by atoms with Crippen molar-refractivity contribution in [3.8, 4) is 5.75 Å². The average molecular weight is 605 g/mol. The van der Waals surface area contributed by atoms with Crippen molar-refractivity contribution >= 4 is 40.3 Å². The van der Waals surface area contributed by atoms with Gasteiger partial charge in [-0.2, -0.15) is 0 Å². The van der Waals surface area contributed by atoms with Gasteiger partial charge in [-0.1, -0.05) is 36.4 Å². The Kier molecular flexibility index (Phi) is 8.62. The monoisotopic (exact) mass is 604 g/mol. The lowest BCUT2D eigenvalue weighted by molar-refractivity contribution is -0.248. The highest BCUT2D eigenvalue weighted by Gasteiger charge is 2.56. The Morgan fingerprint density at radius 2 is 1.40 bits per heavy atom. The van der Waals surface area contributed by atoms with Crippen molar-refractivity contribution in [3.63, 3.8) is 0 Å². The van der Waals surface area contributed by atoms with Crippen molar-refractivity contribution in [2.24, 2.45) is 5.92 Å². The van der Waals surface area contributed by atoms with Crippen molar-refractivity contribution in [2.75, 3.05) is 38.0 Å². The van der Waals surface area contributed by atoms with Crippen LogP contribution in [0.25, 0.3) is 17.2 Å². The third kappa shape index (κ3) is 6.37. The van der Waals surface area contributed by atoms with E-state index in [0.717, 1.165) is 44.3 Å². The number of nitrogens with zero attached hydrogens (tertiary/aromatic N) is 3. The van der Waals surface area contributed by atoms with Crippen LogP contribution in [0.15, 0.2) is 85.0 Å². The quantitative estimate of drug-likeness (QED) is 0.163. The first-order chi connectivity index (χ1) is 21.2. The molecule has 0 spiro atoms. The number of carbonyl (C=O) groups is 2. The number of esters is 1. The zero-order chi connectivity index (χ0) is 32.7. The summed E-state index contributed by atoms with van der Waals surface area (Å²) in [4.78, 5) is 30.5. The van der Waals surface area contributed by atoms with Crippen LogP contribution in [0.2, 0.25) is 0 Å². The first kappa shape index (κ1) is 31.9. The minimum absolute atomic E-state index is 0.0979. The Hall–Kier alpha value is -4.46. The summed E-state index contributed by atoms with van der Waals surface area (Å²) in [6.45, 7) is 7.27. The van der Waals surface area contributed by atoms with Gasteiger partial charge in [-0.25, -0.2) is 0 Å². The number of ether oxygens (including phenoxy) is 1. The number of rotatable bonds is 7. The molecule has 0 amide bonds. The van der Waals surface area contributed by atoms with E-state index in [0.29, 0.717) is 17.7 Å². The molecule has 1 saturated heterocycles. The van der Waals surface area contributed by atoms with Crippen molar-refractivity contribution in [1.82, 2.24) is 5.06 Å². The first-order valence-electron chi connectivity index (χ1n) is 15.2. The number of ketones is 1. The molecule has 233 valence electrons. The highest BCUT2D eigenvalue weighted by Crippen LogP contribution is 2.44. The summed E-state index contributed by atoms with van der Waals surface area (Å²) in [6, 6.07) is 22.0. The smallest absolute Gasteiger partial charge is 0.316 e. The normalized spacial score (nSPS) is 19.3. The molecule has 5 rings (SSSR count). The molecule has 1 atom stereocenters. The molecule has 0 N–H and O–H groups in total. The molecule has 7 nitrogen and oxygen atoms in total. The molecule has 1 unspecified atom stereocenters. The van der Waals surface area contributed by atoms with E-state index in [4.69, 9.17) is 4.74 Å². The van der Waals surface area contributed by atoms with Gasteiger partial charge in [0.1, 0.15) is 5.75 Å². The number of benzene rings is 3. The molecule has 45 heavy (non-hydrogen) atoms. The number of fused-ring (bicyclic) bond motifs is 1. The molecule has 0 saturated carbocycles. The summed E-state index contributed by atoms with van der Waals surface area (Å²) in [7, 11) is 8.05. The van der Waals surface area contributed by atoms with E-state index in [1.165, 1.54) is 0 Å². The number of hydroxylamine groups is 2. The third-order valence-corrected chi connectivity index (χ3v) is 8.93. The fraction of sp³-hybridized carbons (Fsp3) is 0.316. The second-order valence-electron chi connectivity index (χ2n) is 13.4. The predicted octanol–water partition coefficient (Wildman–Crippen LogP) is 7.06. The minimum Gasteiger partial charge on any atom is -0.426 e. The highest BCUT2D eigenvalue weighted by molar-refractivity contribution is 6.30. The maximum absolute atomic E-state index is 13.2. The molecule has 3 aromatic rings. The summed E-state index contributed by atoms with van der Waals surface area (Å²) in [5.41, 5.74) is 5.82. The summed E-state index contributed by atoms with van der Waals surface area (Å²) < 4.78 is 5.81. The lowest BCUT2D eigenvalue weighted by Crippen LogP contribution is -2.48. The first-order valence-corrected chi connectivity index (χ1v) is 15.2. The molecule has 1 radical (unpaired) electrons. The number of hydrogen-bond donors (Lipinski definition) is 0. The number of hydrogen-bond acceptors (Lipinski definition) is 6. The third-order valence-electron chi connectivity index (χ3n) is 8.93. The largest absolute Gasteiger partial charge is 0.426 e. The van der Waals surface area contributed by atoms with Gasteiger partial charge < -0.3 is 14.5 Å². The maximum atomic E-state index is 13.2. The topological polar surface area (TPSA) is 73.0 Å². The van der Waals surface area contributed by atoms with E-state index in [9.17, 15) is 14.8 Å². The zero-order valence-corrected chi connectivity index (χ0v) is 27.4. The van der Waals surface area contributed by atoms with E-state index in [1.807, 2.05) is 60.3 Å². The molecule has 1 aliphatic carbocycles. The maximum Gasteiger partial charge on any atom is 0.316 e. The van der Waals surface area contributed by atoms with Crippen LogP contribution < -0.4 is 14.5 Å². The molecule has 3 aromatic carbocycles. The van der Waals surface area contributed by atoms with Gasteiger partial charge in [0.25, 0.3) is 0 Å². The van der Waals surface area contributed by atoms with Crippen LogP contribution in [0.4, 0.5) is 11.4 Å². The fourth-order valence-corrected chi connectivity index (χ4v) is 6.26. The van der Waals surface area contributed by atoms with Gasteiger partial charge in [-0.15, -0.1) is 10.3 Å². The lowest BCUT2D eigenvalue weighted by Gasteiger charge is -2.32. The van der Waals surface area contributed by atoms with E-state index >= 15 is 0 Å². The van der Waals surface area contributed by atoms with Crippen LogP contribution >= 0.6 is 0 Å². The molecule has 7 heteroatoms. The van der Waals surface area contributed by atoms with Crippen LogP contribution in [0.5, 0.6) is 5.75 Å². The van der Waals surface area contributed by atoms with Crippen LogP contribution in [-0.2, 0) is 14.8 Å². The van der Waals surface area contributed by atoms with E-state index in [-0.39, 0.29) is 5.78 Å². The number of allylic oxidation sites excluding steroid dienone is 4. The molecular formula is C38H42N3O4. The van der Waals surface area contributed by atoms with Crippen molar-refractivity contribution in [3.05, 3.63) is 107 Å². The van der Waals surface area contributed by atoms with Gasteiger partial charge in [-0.05, 0) is 117 Å². The lowest BCUT2D eigenvalue weighted by atomic mass is 9.87. The molecule has 2 aliphatic rings. The van der Waals surface area contributed by atoms with Gasteiger partial charge in [0.05, 0.1) is 11.5 Å². The van der Waals surface area contributed by atoms with Crippen LogP contribution in [0.1, 0.15) is 56.4 Å². The summed E-state index contributed by atoms with van der Waals surface area (Å²) in [5, 5.41) is 13.8. The van der Waals surface area contributed by atoms with Gasteiger partial charge in [0.15, 0.2) is 5.78 Å². The van der Waals surface area contributed by atoms with E-state index in [1.54, 1.807) is 38.1 Å². The summed E-state index contributed by atoms with van der Waals surface area (Å²) in [6.07, 6.45) is 7.58. The predicted molar refractivity (Wildman–Crippen MR) is 182 cm³/mol. The molecular weight excluding hydrogens is 562 g/mol. The average Bonchev–Trinajstić information content (AvgIpc) is 3.17. The van der Waals surface area contributed by atoms with Crippen molar-refractivity contribution in [2.45, 2.75) is 45.2 Å². The summed E-state index contributed by atoms with van der Waals surface area (Å²) >= 11 is 0. The van der Waals surface area contributed by atoms with Crippen LogP contribution in [0, 0.1) is 5.92 Å². The number of anilines is 2. The van der Waals surface area contributed by atoms with Crippen LogP contribution in [0.3, 0.4) is 0 Å². The van der Waals surface area contributed by atoms with Crippen molar-refractivity contribution in [1.29, 1.82) is 0 Å². The van der Waals surface area contributed by atoms with E-state index in [2.05, 4.69) is 58.3 Å². The van der Waals surface area contributed by atoms with Gasteiger partial charge in [0.2, 0.25) is 0 Å². The molecule has 1 heterocycles. The summed E-state index contributed by atoms with van der Waals surface area (Å²) in [5.74, 6) is -0.700. The number of carbonyl (C=O) groups excluding carboxylic acids is 2. The highest BCUT2D eigenvalue weighted by atomic mass is 16.5. The van der Waals surface area contributed by atoms with Gasteiger partial charge in [0, 0.05) is 50.7 Å². The van der Waals surface area contributed by atoms with Gasteiger partial charge >= 0.3 is 5.97 Å². The van der Waals surface area contributed by atoms with Crippen LogP contribution in [-0.4, -0.2) is 56.1 Å². The Bertz CT molecular complexity index is 1640. The Labute approximate surface area is 266 Å². The molecule has 0 aromatic heterocycles.